The fourth-order valence-corrected chi connectivity index (χ4v) is 8.61. The van der Waals surface area contributed by atoms with E-state index in [9.17, 15) is 0 Å². The van der Waals surface area contributed by atoms with Crippen molar-refractivity contribution in [3.8, 4) is 28.3 Å². The first kappa shape index (κ1) is 26.7. The van der Waals surface area contributed by atoms with E-state index >= 15 is 0 Å². The van der Waals surface area contributed by atoms with Gasteiger partial charge in [0.1, 0.15) is 16.8 Å². The molecule has 4 nitrogen and oxygen atoms in total. The lowest BCUT2D eigenvalue weighted by molar-refractivity contribution is 0.667. The minimum Gasteiger partial charge on any atom is -0.452 e. The maximum absolute atomic E-state index is 6.70. The molecular formula is C44H25N3OS. The topological polar surface area (TPSA) is 43.9 Å². The Bertz CT molecular complexity index is 3110. The average Bonchev–Trinajstić information content (AvgIpc) is 3.81. The smallest absolute Gasteiger partial charge is 0.236 e. The van der Waals surface area contributed by atoms with Gasteiger partial charge in [-0.2, -0.15) is 0 Å². The van der Waals surface area contributed by atoms with Gasteiger partial charge in [0.2, 0.25) is 5.95 Å². The quantitative estimate of drug-likeness (QED) is 0.192. The molecule has 0 aliphatic carbocycles. The molecule has 0 saturated carbocycles. The van der Waals surface area contributed by atoms with Crippen molar-refractivity contribution in [3.63, 3.8) is 0 Å². The molecule has 4 aromatic heterocycles. The van der Waals surface area contributed by atoms with E-state index in [0.717, 1.165) is 60.7 Å². The number of rotatable bonds is 3. The van der Waals surface area contributed by atoms with Crippen LogP contribution in [0.5, 0.6) is 0 Å². The summed E-state index contributed by atoms with van der Waals surface area (Å²) in [4.78, 5) is 10.8. The maximum atomic E-state index is 6.70. The summed E-state index contributed by atoms with van der Waals surface area (Å²) in [7, 11) is 0. The molecule has 0 radical (unpaired) electrons. The Morgan fingerprint density at radius 2 is 1.20 bits per heavy atom. The molecule has 4 heterocycles. The standard InChI is InChI=1S/C44H25N3OS/c1-2-11-26(12-3-1)27-15-10-16-30(21-27)41-43-42(35-22-28-13-4-5-14-29(28)23-38(35)48-43)46-44(45-41)47-36-19-8-6-17-31(36)33-24-34-32-18-7-9-20-39(32)49-40(34)25-37(33)47/h1-25H. The fraction of sp³-hybridized carbons (Fsp3) is 0. The van der Waals surface area contributed by atoms with E-state index in [4.69, 9.17) is 14.4 Å². The highest BCUT2D eigenvalue weighted by atomic mass is 32.1. The Labute approximate surface area is 284 Å². The lowest BCUT2D eigenvalue weighted by Gasteiger charge is -2.10. The Kier molecular flexibility index (Phi) is 5.51. The number of benzene rings is 7. The minimum atomic E-state index is 0.620. The van der Waals surface area contributed by atoms with E-state index in [1.54, 1.807) is 0 Å². The Hall–Kier alpha value is -6.30. The summed E-state index contributed by atoms with van der Waals surface area (Å²) >= 11 is 1.83. The predicted molar refractivity (Wildman–Crippen MR) is 205 cm³/mol. The second-order valence-corrected chi connectivity index (χ2v) is 13.7. The monoisotopic (exact) mass is 643 g/mol. The molecule has 0 fully saturated rings. The van der Waals surface area contributed by atoms with E-state index in [2.05, 4.69) is 150 Å². The van der Waals surface area contributed by atoms with Gasteiger partial charge < -0.3 is 4.42 Å². The average molecular weight is 644 g/mol. The molecule has 7 aromatic carbocycles. The highest BCUT2D eigenvalue weighted by Crippen LogP contribution is 2.42. The van der Waals surface area contributed by atoms with E-state index in [-0.39, 0.29) is 0 Å². The maximum Gasteiger partial charge on any atom is 0.236 e. The molecule has 228 valence electrons. The predicted octanol–water partition coefficient (Wildman–Crippen LogP) is 12.3. The molecule has 11 rings (SSSR count). The summed E-state index contributed by atoms with van der Waals surface area (Å²) in [5.41, 5.74) is 8.47. The van der Waals surface area contributed by atoms with Crippen LogP contribution in [0, 0.1) is 0 Å². The lowest BCUT2D eigenvalue weighted by Crippen LogP contribution is -2.03. The van der Waals surface area contributed by atoms with Crippen LogP contribution in [0.1, 0.15) is 0 Å². The molecule has 0 bridgehead atoms. The van der Waals surface area contributed by atoms with E-state index in [0.29, 0.717) is 11.5 Å². The van der Waals surface area contributed by atoms with E-state index in [1.807, 2.05) is 17.4 Å². The summed E-state index contributed by atoms with van der Waals surface area (Å²) in [6.07, 6.45) is 0. The van der Waals surface area contributed by atoms with Crippen LogP contribution in [0.25, 0.3) is 103 Å². The highest BCUT2D eigenvalue weighted by molar-refractivity contribution is 7.25. The van der Waals surface area contributed by atoms with Gasteiger partial charge in [-0.3, -0.25) is 4.57 Å². The number of furan rings is 1. The Morgan fingerprint density at radius 1 is 0.469 bits per heavy atom. The van der Waals surface area contributed by atoms with Gasteiger partial charge in [0.15, 0.2) is 5.58 Å². The summed E-state index contributed by atoms with van der Waals surface area (Å²) < 4.78 is 11.5. The molecule has 0 atom stereocenters. The van der Waals surface area contributed by atoms with Gasteiger partial charge in [0, 0.05) is 41.9 Å². The number of hydrogen-bond donors (Lipinski definition) is 0. The van der Waals surface area contributed by atoms with Gasteiger partial charge in [-0.1, -0.05) is 109 Å². The fourth-order valence-electron chi connectivity index (χ4n) is 7.49. The van der Waals surface area contributed by atoms with Crippen molar-refractivity contribution in [1.82, 2.24) is 14.5 Å². The first-order chi connectivity index (χ1) is 24.3. The zero-order valence-corrected chi connectivity index (χ0v) is 26.9. The zero-order chi connectivity index (χ0) is 32.1. The van der Waals surface area contributed by atoms with Gasteiger partial charge >= 0.3 is 0 Å². The van der Waals surface area contributed by atoms with Crippen molar-refractivity contribution < 1.29 is 4.42 Å². The first-order valence-corrected chi connectivity index (χ1v) is 17.2. The van der Waals surface area contributed by atoms with Gasteiger partial charge in [0.25, 0.3) is 0 Å². The largest absolute Gasteiger partial charge is 0.452 e. The van der Waals surface area contributed by atoms with Crippen LogP contribution in [0.4, 0.5) is 0 Å². The van der Waals surface area contributed by atoms with Crippen molar-refractivity contribution >= 4 is 86.2 Å². The van der Waals surface area contributed by atoms with Gasteiger partial charge in [-0.25, -0.2) is 9.97 Å². The summed E-state index contributed by atoms with van der Waals surface area (Å²) in [5.74, 6) is 0.620. The van der Waals surface area contributed by atoms with Crippen molar-refractivity contribution in [2.24, 2.45) is 0 Å². The highest BCUT2D eigenvalue weighted by Gasteiger charge is 2.22. The molecule has 0 saturated heterocycles. The van der Waals surface area contributed by atoms with Crippen LogP contribution in [0.2, 0.25) is 0 Å². The number of nitrogens with zero attached hydrogens (tertiary/aromatic N) is 3. The third kappa shape index (κ3) is 3.97. The van der Waals surface area contributed by atoms with Crippen molar-refractivity contribution in [2.75, 3.05) is 0 Å². The summed E-state index contributed by atoms with van der Waals surface area (Å²) in [6, 6.07) is 53.7. The van der Waals surface area contributed by atoms with Gasteiger partial charge in [0.05, 0.1) is 11.0 Å². The normalized spacial score (nSPS) is 12.1. The molecule has 5 heteroatoms. The van der Waals surface area contributed by atoms with Crippen LogP contribution in [0.3, 0.4) is 0 Å². The third-order valence-corrected chi connectivity index (χ3v) is 10.9. The minimum absolute atomic E-state index is 0.620. The molecule has 49 heavy (non-hydrogen) atoms. The molecule has 11 aromatic rings. The number of fused-ring (bicyclic) bond motifs is 10. The van der Waals surface area contributed by atoms with Gasteiger partial charge in [-0.05, 0) is 64.4 Å². The van der Waals surface area contributed by atoms with Crippen LogP contribution >= 0.6 is 11.3 Å². The molecule has 0 amide bonds. The Balaban J connectivity index is 1.26. The molecule has 0 aliphatic rings. The number of thiophene rings is 1. The molecular weight excluding hydrogens is 619 g/mol. The lowest BCUT2D eigenvalue weighted by atomic mass is 10.0. The first-order valence-electron chi connectivity index (χ1n) is 16.4. The Morgan fingerprint density at radius 3 is 2.10 bits per heavy atom. The van der Waals surface area contributed by atoms with Crippen LogP contribution in [-0.4, -0.2) is 14.5 Å². The third-order valence-electron chi connectivity index (χ3n) is 9.78. The molecule has 0 spiro atoms. The van der Waals surface area contributed by atoms with E-state index in [1.165, 1.54) is 30.9 Å². The van der Waals surface area contributed by atoms with E-state index < -0.39 is 0 Å². The molecule has 0 unspecified atom stereocenters. The molecule has 0 N–H and O–H groups in total. The number of aromatic nitrogens is 3. The second-order valence-electron chi connectivity index (χ2n) is 12.6. The van der Waals surface area contributed by atoms with Crippen LogP contribution in [-0.2, 0) is 0 Å². The van der Waals surface area contributed by atoms with Crippen LogP contribution in [0.15, 0.2) is 156 Å². The number of hydrogen-bond acceptors (Lipinski definition) is 4. The summed E-state index contributed by atoms with van der Waals surface area (Å²) in [6.45, 7) is 0. The van der Waals surface area contributed by atoms with Crippen molar-refractivity contribution in [2.45, 2.75) is 0 Å². The van der Waals surface area contributed by atoms with Gasteiger partial charge in [-0.15, -0.1) is 11.3 Å². The van der Waals surface area contributed by atoms with Crippen LogP contribution < -0.4 is 0 Å². The zero-order valence-electron chi connectivity index (χ0n) is 26.1. The van der Waals surface area contributed by atoms with Crippen molar-refractivity contribution in [3.05, 3.63) is 152 Å². The SMILES string of the molecule is c1ccc(-c2cccc(-c3nc(-n4c5ccccc5c5cc6c(cc54)sc4ccccc46)nc4c3oc3cc5ccccc5cc34)c2)cc1. The number of para-hydroxylation sites is 1. The van der Waals surface area contributed by atoms with Crippen molar-refractivity contribution in [1.29, 1.82) is 0 Å². The summed E-state index contributed by atoms with van der Waals surface area (Å²) in [5, 5.41) is 8.18. The molecule has 0 aliphatic heterocycles. The second kappa shape index (κ2) is 10.1.